The van der Waals surface area contributed by atoms with E-state index in [-0.39, 0.29) is 0 Å². The molecule has 0 fully saturated rings. The first-order valence-corrected chi connectivity index (χ1v) is 6.20. The summed E-state index contributed by atoms with van der Waals surface area (Å²) in [4.78, 5) is 24.6. The number of hydrogen-bond acceptors (Lipinski definition) is 3. The Kier molecular flexibility index (Phi) is 3.87. The minimum absolute atomic E-state index is 0.293. The van der Waals surface area contributed by atoms with Crippen molar-refractivity contribution in [2.75, 3.05) is 6.61 Å². The second-order valence-corrected chi connectivity index (χ2v) is 4.44. The zero-order chi connectivity index (χ0) is 13.1. The van der Waals surface area contributed by atoms with Gasteiger partial charge in [-0.25, -0.2) is 4.79 Å². The summed E-state index contributed by atoms with van der Waals surface area (Å²) in [7, 11) is 0. The number of nitrogens with zero attached hydrogens (tertiary/aromatic N) is 1. The summed E-state index contributed by atoms with van der Waals surface area (Å²) in [6.45, 7) is 2.38. The lowest BCUT2D eigenvalue weighted by Gasteiger charge is -2.33. The van der Waals surface area contributed by atoms with E-state index in [2.05, 4.69) is 0 Å². The van der Waals surface area contributed by atoms with E-state index >= 15 is 0 Å². The molecule has 1 aliphatic rings. The van der Waals surface area contributed by atoms with Crippen LogP contribution < -0.4 is 0 Å². The van der Waals surface area contributed by atoms with Crippen LogP contribution in [0.4, 0.5) is 4.79 Å². The van der Waals surface area contributed by atoms with E-state index in [1.807, 2.05) is 24.3 Å². The molecule has 1 aromatic rings. The molecule has 0 bridgehead atoms. The summed E-state index contributed by atoms with van der Waals surface area (Å²) < 4.78 is 4.99. The first kappa shape index (κ1) is 12.9. The van der Waals surface area contributed by atoms with E-state index < -0.39 is 17.4 Å². The van der Waals surface area contributed by atoms with Crippen molar-refractivity contribution in [2.24, 2.45) is 0 Å². The Hall–Kier alpha value is -1.55. The summed E-state index contributed by atoms with van der Waals surface area (Å²) in [6, 6.07) is 7.09. The highest BCUT2D eigenvalue weighted by molar-refractivity contribution is 6.63. The number of benzene rings is 1. The maximum absolute atomic E-state index is 11.8. The highest BCUT2D eigenvalue weighted by Crippen LogP contribution is 2.25. The number of amides is 1. The van der Waals surface area contributed by atoms with Gasteiger partial charge in [0.1, 0.15) is 6.04 Å². The Morgan fingerprint density at radius 3 is 2.67 bits per heavy atom. The summed E-state index contributed by atoms with van der Waals surface area (Å²) in [5, 5.41) is -0.623. The van der Waals surface area contributed by atoms with Crippen LogP contribution in [0.5, 0.6) is 0 Å². The van der Waals surface area contributed by atoms with Crippen LogP contribution in [0, 0.1) is 0 Å². The lowest BCUT2D eigenvalue weighted by atomic mass is 9.94. The van der Waals surface area contributed by atoms with Gasteiger partial charge in [-0.3, -0.25) is 4.79 Å². The third kappa shape index (κ3) is 2.48. The molecular formula is C13H14ClNO3. The number of hydrogen-bond donors (Lipinski definition) is 0. The second-order valence-electron chi connectivity index (χ2n) is 4.12. The molecule has 1 atom stereocenters. The molecule has 1 heterocycles. The molecule has 2 rings (SSSR count). The Balaban J connectivity index is 2.28. The van der Waals surface area contributed by atoms with Crippen molar-refractivity contribution in [1.29, 1.82) is 0 Å². The molecule has 0 aliphatic carbocycles. The van der Waals surface area contributed by atoms with E-state index in [4.69, 9.17) is 16.3 Å². The van der Waals surface area contributed by atoms with Gasteiger partial charge in [0.15, 0.2) is 0 Å². The molecule has 1 aliphatic heterocycles. The fourth-order valence-electron chi connectivity index (χ4n) is 2.16. The van der Waals surface area contributed by atoms with Crippen LogP contribution in [-0.4, -0.2) is 28.9 Å². The van der Waals surface area contributed by atoms with E-state index in [1.54, 1.807) is 6.92 Å². The Bertz CT molecular complexity index is 475. The van der Waals surface area contributed by atoms with Crippen LogP contribution in [0.1, 0.15) is 18.1 Å². The van der Waals surface area contributed by atoms with Crippen LogP contribution >= 0.6 is 11.6 Å². The third-order valence-corrected chi connectivity index (χ3v) is 3.25. The van der Waals surface area contributed by atoms with Gasteiger partial charge in [-0.15, -0.1) is 0 Å². The van der Waals surface area contributed by atoms with Gasteiger partial charge in [0.2, 0.25) is 0 Å². The first-order chi connectivity index (χ1) is 8.63. The van der Waals surface area contributed by atoms with Gasteiger partial charge in [0, 0.05) is 13.0 Å². The Morgan fingerprint density at radius 2 is 2.06 bits per heavy atom. The number of esters is 1. The summed E-state index contributed by atoms with van der Waals surface area (Å²) in [6.07, 6.45) is 0.452. The number of rotatable bonds is 2. The lowest BCUT2D eigenvalue weighted by molar-refractivity contribution is -0.148. The van der Waals surface area contributed by atoms with Crippen molar-refractivity contribution < 1.29 is 14.3 Å². The average molecular weight is 268 g/mol. The summed E-state index contributed by atoms with van der Waals surface area (Å²) >= 11 is 5.54. The molecule has 1 unspecified atom stereocenters. The van der Waals surface area contributed by atoms with Crippen molar-refractivity contribution in [3.8, 4) is 0 Å². The summed E-state index contributed by atoms with van der Waals surface area (Å²) in [5.41, 5.74) is 2.08. The van der Waals surface area contributed by atoms with Gasteiger partial charge >= 0.3 is 11.3 Å². The molecule has 0 N–H and O–H groups in total. The van der Waals surface area contributed by atoms with Crippen LogP contribution in [0.15, 0.2) is 24.3 Å². The normalized spacial score (nSPS) is 18.1. The zero-order valence-electron chi connectivity index (χ0n) is 10.1. The van der Waals surface area contributed by atoms with E-state index in [0.717, 1.165) is 11.1 Å². The highest BCUT2D eigenvalue weighted by Gasteiger charge is 2.34. The molecule has 0 aromatic heterocycles. The maximum Gasteiger partial charge on any atom is 0.329 e. The van der Waals surface area contributed by atoms with E-state index in [9.17, 15) is 9.59 Å². The fraction of sp³-hybridized carbons (Fsp3) is 0.385. The minimum Gasteiger partial charge on any atom is -0.464 e. The molecule has 1 amide bonds. The van der Waals surface area contributed by atoms with Crippen molar-refractivity contribution in [1.82, 2.24) is 4.90 Å². The van der Waals surface area contributed by atoms with E-state index in [0.29, 0.717) is 19.6 Å². The first-order valence-electron chi connectivity index (χ1n) is 5.83. The van der Waals surface area contributed by atoms with Crippen LogP contribution in [0.2, 0.25) is 0 Å². The van der Waals surface area contributed by atoms with Crippen LogP contribution in [0.25, 0.3) is 0 Å². The standard InChI is InChI=1S/C13H14ClNO3/c1-2-18-12(16)11-7-9-5-3-4-6-10(9)8-15(11)13(14)17/h3-6,11H,2,7-8H2,1H3. The monoisotopic (exact) mass is 267 g/mol. The molecule has 18 heavy (non-hydrogen) atoms. The maximum atomic E-state index is 11.8. The van der Waals surface area contributed by atoms with Crippen molar-refractivity contribution in [2.45, 2.75) is 25.9 Å². The molecule has 96 valence electrons. The van der Waals surface area contributed by atoms with Crippen molar-refractivity contribution in [3.05, 3.63) is 35.4 Å². The molecular weight excluding hydrogens is 254 g/mol. The number of carbonyl (C=O) groups is 2. The average Bonchev–Trinajstić information content (AvgIpc) is 2.37. The quantitative estimate of drug-likeness (QED) is 0.469. The van der Waals surface area contributed by atoms with Gasteiger partial charge in [-0.1, -0.05) is 24.3 Å². The molecule has 5 heteroatoms. The van der Waals surface area contributed by atoms with Gasteiger partial charge in [-0.2, -0.15) is 0 Å². The van der Waals surface area contributed by atoms with E-state index in [1.165, 1.54) is 4.90 Å². The number of halogens is 1. The lowest BCUT2D eigenvalue weighted by Crippen LogP contribution is -2.47. The van der Waals surface area contributed by atoms with Gasteiger partial charge in [-0.05, 0) is 29.7 Å². The molecule has 0 spiro atoms. The minimum atomic E-state index is -0.623. The SMILES string of the molecule is CCOC(=O)C1Cc2ccccc2CN1C(=O)Cl. The van der Waals surface area contributed by atoms with Gasteiger partial charge < -0.3 is 9.64 Å². The van der Waals surface area contributed by atoms with Crippen LogP contribution in [0.3, 0.4) is 0 Å². The molecule has 1 aromatic carbocycles. The predicted molar refractivity (Wildman–Crippen MR) is 67.4 cm³/mol. The molecule has 0 saturated heterocycles. The number of carbonyl (C=O) groups excluding carboxylic acids is 2. The number of ether oxygens (including phenoxy) is 1. The molecule has 4 nitrogen and oxygen atoms in total. The highest BCUT2D eigenvalue weighted by atomic mass is 35.5. The Labute approximate surface area is 110 Å². The summed E-state index contributed by atoms with van der Waals surface area (Å²) in [5.74, 6) is -0.402. The smallest absolute Gasteiger partial charge is 0.329 e. The van der Waals surface area contributed by atoms with Crippen molar-refractivity contribution >= 4 is 22.9 Å². The van der Waals surface area contributed by atoms with Crippen LogP contribution in [-0.2, 0) is 22.5 Å². The number of fused-ring (bicyclic) bond motifs is 1. The van der Waals surface area contributed by atoms with Gasteiger partial charge in [0.25, 0.3) is 0 Å². The van der Waals surface area contributed by atoms with Gasteiger partial charge in [0.05, 0.1) is 6.61 Å². The largest absolute Gasteiger partial charge is 0.464 e. The third-order valence-electron chi connectivity index (χ3n) is 3.03. The fourth-order valence-corrected chi connectivity index (χ4v) is 2.33. The second kappa shape index (κ2) is 5.40. The topological polar surface area (TPSA) is 46.6 Å². The van der Waals surface area contributed by atoms with Crippen molar-refractivity contribution in [3.63, 3.8) is 0 Å². The Morgan fingerprint density at radius 1 is 1.39 bits per heavy atom. The zero-order valence-corrected chi connectivity index (χ0v) is 10.8. The molecule has 0 radical (unpaired) electrons. The predicted octanol–water partition coefficient (Wildman–Crippen LogP) is 2.34. The molecule has 0 saturated carbocycles.